The molecule has 0 spiro atoms. The number of benzene rings is 1. The predicted octanol–water partition coefficient (Wildman–Crippen LogP) is 1.76. The number of carbonyl (C=O) groups excluding carboxylic acids is 1. The summed E-state index contributed by atoms with van der Waals surface area (Å²) in [6.45, 7) is 0.222. The number of nitrogens with zero attached hydrogens (tertiary/aromatic N) is 3. The molecule has 0 saturated heterocycles. The first kappa shape index (κ1) is 13.1. The average Bonchev–Trinajstić information content (AvgIpc) is 2.90. The number of para-hydroxylation sites is 1. The van der Waals surface area contributed by atoms with Gasteiger partial charge in [0.15, 0.2) is 0 Å². The third kappa shape index (κ3) is 3.00. The fourth-order valence-electron chi connectivity index (χ4n) is 2.09. The Balaban J connectivity index is 1.67. The van der Waals surface area contributed by atoms with Crippen molar-refractivity contribution in [2.45, 2.75) is 13.2 Å². The van der Waals surface area contributed by atoms with E-state index in [1.165, 1.54) is 4.68 Å². The Morgan fingerprint density at radius 2 is 2.10 bits per heavy atom. The van der Waals surface area contributed by atoms with Gasteiger partial charge in [-0.25, -0.2) is 0 Å². The molecular weight excluding hydrogens is 268 g/mol. The summed E-state index contributed by atoms with van der Waals surface area (Å²) in [7, 11) is 0. The molecule has 0 fully saturated rings. The summed E-state index contributed by atoms with van der Waals surface area (Å²) in [5.41, 5.74) is 7.21. The maximum Gasteiger partial charge on any atom is 0.328 e. The molecule has 0 saturated carbocycles. The molecule has 2 heterocycles. The Hall–Kier alpha value is -2.89. The number of nitrogens with two attached hydrogens (primary N) is 1. The Morgan fingerprint density at radius 1 is 1.24 bits per heavy atom. The van der Waals surface area contributed by atoms with Crippen LogP contribution in [0.15, 0.2) is 48.8 Å². The van der Waals surface area contributed by atoms with Crippen molar-refractivity contribution in [3.8, 4) is 0 Å². The summed E-state index contributed by atoms with van der Waals surface area (Å²) >= 11 is 0. The van der Waals surface area contributed by atoms with Crippen LogP contribution in [-0.4, -0.2) is 20.7 Å². The van der Waals surface area contributed by atoms with Gasteiger partial charge in [-0.2, -0.15) is 5.10 Å². The molecule has 6 nitrogen and oxygen atoms in total. The standard InChI is InChI=1S/C15H14N4O2/c16-13-6-8-19(18-13)9-14(20)21-10-12-4-1-3-11-5-2-7-17-15(11)12/h1-8H,9-10H2,(H2,16,18). The number of carbonyl (C=O) groups is 1. The van der Waals surface area contributed by atoms with Crippen molar-refractivity contribution in [2.75, 3.05) is 5.73 Å². The van der Waals surface area contributed by atoms with Crippen LogP contribution in [0.2, 0.25) is 0 Å². The zero-order valence-corrected chi connectivity index (χ0v) is 11.3. The summed E-state index contributed by atoms with van der Waals surface area (Å²) in [4.78, 5) is 16.1. The summed E-state index contributed by atoms with van der Waals surface area (Å²) in [5, 5.41) is 4.96. The lowest BCUT2D eigenvalue weighted by Gasteiger charge is -2.07. The van der Waals surface area contributed by atoms with Gasteiger partial charge in [0.1, 0.15) is 19.0 Å². The van der Waals surface area contributed by atoms with E-state index >= 15 is 0 Å². The molecular formula is C15H14N4O2. The first-order valence-corrected chi connectivity index (χ1v) is 6.49. The Bertz CT molecular complexity index is 777. The van der Waals surface area contributed by atoms with Crippen molar-refractivity contribution < 1.29 is 9.53 Å². The summed E-state index contributed by atoms with van der Waals surface area (Å²) in [6.07, 6.45) is 3.36. The van der Waals surface area contributed by atoms with Crippen LogP contribution in [0.5, 0.6) is 0 Å². The second-order valence-corrected chi connectivity index (χ2v) is 4.59. The zero-order valence-electron chi connectivity index (χ0n) is 11.3. The predicted molar refractivity (Wildman–Crippen MR) is 78.2 cm³/mol. The number of hydrogen-bond acceptors (Lipinski definition) is 5. The lowest BCUT2D eigenvalue weighted by molar-refractivity contribution is -0.145. The Morgan fingerprint density at radius 3 is 2.90 bits per heavy atom. The van der Waals surface area contributed by atoms with Crippen molar-refractivity contribution >= 4 is 22.7 Å². The van der Waals surface area contributed by atoms with Crippen LogP contribution in [0.3, 0.4) is 0 Å². The molecule has 2 N–H and O–H groups in total. The highest BCUT2D eigenvalue weighted by atomic mass is 16.5. The van der Waals surface area contributed by atoms with Gasteiger partial charge in [0.2, 0.25) is 0 Å². The van der Waals surface area contributed by atoms with E-state index in [1.54, 1.807) is 18.5 Å². The minimum Gasteiger partial charge on any atom is -0.459 e. The summed E-state index contributed by atoms with van der Waals surface area (Å²) in [6, 6.07) is 11.3. The van der Waals surface area contributed by atoms with E-state index in [-0.39, 0.29) is 19.1 Å². The molecule has 0 bridgehead atoms. The van der Waals surface area contributed by atoms with Crippen molar-refractivity contribution in [1.82, 2.24) is 14.8 Å². The number of rotatable bonds is 4. The zero-order chi connectivity index (χ0) is 14.7. The number of nitrogen functional groups attached to an aromatic ring is 1. The molecule has 0 aliphatic rings. The van der Waals surface area contributed by atoms with Gasteiger partial charge in [-0.1, -0.05) is 24.3 Å². The minimum atomic E-state index is -0.369. The second kappa shape index (κ2) is 5.62. The second-order valence-electron chi connectivity index (χ2n) is 4.59. The lowest BCUT2D eigenvalue weighted by atomic mass is 10.1. The maximum atomic E-state index is 11.8. The first-order valence-electron chi connectivity index (χ1n) is 6.49. The fraction of sp³-hybridized carbons (Fsp3) is 0.133. The van der Waals surface area contributed by atoms with E-state index in [4.69, 9.17) is 10.5 Å². The third-order valence-electron chi connectivity index (χ3n) is 3.06. The van der Waals surface area contributed by atoms with Crippen molar-refractivity contribution in [2.24, 2.45) is 0 Å². The molecule has 6 heteroatoms. The van der Waals surface area contributed by atoms with E-state index in [2.05, 4.69) is 10.1 Å². The number of ether oxygens (including phenoxy) is 1. The summed E-state index contributed by atoms with van der Waals surface area (Å²) in [5.74, 6) is 0.00656. The third-order valence-corrected chi connectivity index (χ3v) is 3.06. The highest BCUT2D eigenvalue weighted by Gasteiger charge is 2.08. The summed E-state index contributed by atoms with van der Waals surface area (Å²) < 4.78 is 6.71. The number of pyridine rings is 1. The van der Waals surface area contributed by atoms with E-state index in [9.17, 15) is 4.79 Å². The largest absolute Gasteiger partial charge is 0.459 e. The lowest BCUT2D eigenvalue weighted by Crippen LogP contribution is -2.14. The highest BCUT2D eigenvalue weighted by Crippen LogP contribution is 2.16. The van der Waals surface area contributed by atoms with Gasteiger partial charge in [-0.15, -0.1) is 0 Å². The topological polar surface area (TPSA) is 83.0 Å². The first-order chi connectivity index (χ1) is 10.2. The maximum absolute atomic E-state index is 11.8. The monoisotopic (exact) mass is 282 g/mol. The van der Waals surface area contributed by atoms with Crippen LogP contribution in [0, 0.1) is 0 Å². The normalized spacial score (nSPS) is 10.7. The number of hydrogen-bond donors (Lipinski definition) is 1. The molecule has 0 atom stereocenters. The molecule has 106 valence electrons. The number of fused-ring (bicyclic) bond motifs is 1. The van der Waals surface area contributed by atoms with Gasteiger partial charge >= 0.3 is 5.97 Å². The van der Waals surface area contributed by atoms with E-state index < -0.39 is 0 Å². The van der Waals surface area contributed by atoms with Crippen LogP contribution < -0.4 is 5.73 Å². The van der Waals surface area contributed by atoms with Crippen LogP contribution in [0.1, 0.15) is 5.56 Å². The molecule has 0 unspecified atom stereocenters. The van der Waals surface area contributed by atoms with E-state index in [0.29, 0.717) is 5.82 Å². The van der Waals surface area contributed by atoms with Gasteiger partial charge in [0.05, 0.1) is 5.52 Å². The number of esters is 1. The van der Waals surface area contributed by atoms with Crippen LogP contribution in [-0.2, 0) is 22.7 Å². The SMILES string of the molecule is Nc1ccn(CC(=O)OCc2cccc3cccnc23)n1. The molecule has 3 aromatic rings. The smallest absolute Gasteiger partial charge is 0.328 e. The fourth-order valence-corrected chi connectivity index (χ4v) is 2.09. The van der Waals surface area contributed by atoms with Crippen molar-refractivity contribution in [1.29, 1.82) is 0 Å². The molecule has 1 aromatic carbocycles. The van der Waals surface area contributed by atoms with Gasteiger partial charge in [0.25, 0.3) is 0 Å². The minimum absolute atomic E-state index is 0.0371. The van der Waals surface area contributed by atoms with E-state index in [0.717, 1.165) is 16.5 Å². The van der Waals surface area contributed by atoms with Crippen molar-refractivity contribution in [3.63, 3.8) is 0 Å². The number of aromatic nitrogens is 3. The van der Waals surface area contributed by atoms with Gasteiger partial charge in [-0.05, 0) is 12.1 Å². The van der Waals surface area contributed by atoms with Crippen LogP contribution >= 0.6 is 0 Å². The van der Waals surface area contributed by atoms with E-state index in [1.807, 2.05) is 30.3 Å². The van der Waals surface area contributed by atoms with Gasteiger partial charge in [-0.3, -0.25) is 14.5 Å². The molecule has 2 aromatic heterocycles. The van der Waals surface area contributed by atoms with Crippen LogP contribution in [0.4, 0.5) is 5.82 Å². The molecule has 0 aliphatic carbocycles. The molecule has 0 aliphatic heterocycles. The molecule has 3 rings (SSSR count). The molecule has 0 amide bonds. The Labute approximate surface area is 121 Å². The highest BCUT2D eigenvalue weighted by molar-refractivity contribution is 5.81. The Kier molecular flexibility index (Phi) is 3.51. The average molecular weight is 282 g/mol. The quantitative estimate of drug-likeness (QED) is 0.737. The number of anilines is 1. The van der Waals surface area contributed by atoms with Crippen molar-refractivity contribution in [3.05, 3.63) is 54.4 Å². The molecule has 21 heavy (non-hydrogen) atoms. The molecule has 0 radical (unpaired) electrons. The van der Waals surface area contributed by atoms with Crippen LogP contribution in [0.25, 0.3) is 10.9 Å². The van der Waals surface area contributed by atoms with Gasteiger partial charge in [0, 0.05) is 23.3 Å². The van der Waals surface area contributed by atoms with Gasteiger partial charge < -0.3 is 10.5 Å².